The Morgan fingerprint density at radius 2 is 1.67 bits per heavy atom. The van der Waals surface area contributed by atoms with Crippen LogP contribution in [0, 0.1) is 5.92 Å². The molecule has 2 aromatic carbocycles. The lowest BCUT2D eigenvalue weighted by molar-refractivity contribution is -0.123. The van der Waals surface area contributed by atoms with Gasteiger partial charge in [0.25, 0.3) is 0 Å². The summed E-state index contributed by atoms with van der Waals surface area (Å²) in [5.41, 5.74) is 1.80. The molecule has 0 aliphatic carbocycles. The third-order valence-corrected chi connectivity index (χ3v) is 4.83. The molecular weight excluding hydrogens is 384 g/mol. The lowest BCUT2D eigenvalue weighted by Crippen LogP contribution is -2.46. The third-order valence-electron chi connectivity index (χ3n) is 4.83. The lowest BCUT2D eigenvalue weighted by Gasteiger charge is -2.26. The van der Waals surface area contributed by atoms with Gasteiger partial charge >= 0.3 is 6.09 Å². The molecule has 0 radical (unpaired) electrons. The highest BCUT2D eigenvalue weighted by atomic mass is 16.6. The number of alkyl carbamates (subject to hydrolysis) is 1. The van der Waals surface area contributed by atoms with Crippen molar-refractivity contribution in [3.05, 3.63) is 59.7 Å². The van der Waals surface area contributed by atoms with E-state index in [1.807, 2.05) is 62.4 Å². The molecule has 7 nitrogen and oxygen atoms in total. The highest BCUT2D eigenvalue weighted by molar-refractivity contribution is 5.85. The molecule has 3 rings (SSSR count). The first-order chi connectivity index (χ1) is 14.4. The molecule has 0 aromatic heterocycles. The predicted octanol–water partition coefficient (Wildman–Crippen LogP) is 3.59. The Labute approximate surface area is 176 Å². The number of ether oxygens (including phenoxy) is 3. The Bertz CT molecular complexity index is 869. The van der Waals surface area contributed by atoms with Gasteiger partial charge in [0.1, 0.15) is 25.9 Å². The second kappa shape index (κ2) is 10.0. The Hall–Kier alpha value is -3.22. The summed E-state index contributed by atoms with van der Waals surface area (Å²) in [6.45, 7) is 6.84. The molecule has 1 heterocycles. The SMILES string of the molecule is CC(C)C(NC(=O)[C@H](C)NC(=O)OCc1ccccc1)c1ccc2c(c1)OCCO2. The van der Waals surface area contributed by atoms with Crippen LogP contribution in [0.15, 0.2) is 48.5 Å². The molecule has 1 aliphatic rings. The van der Waals surface area contributed by atoms with Crippen molar-refractivity contribution in [1.29, 1.82) is 0 Å². The van der Waals surface area contributed by atoms with E-state index in [1.54, 1.807) is 6.92 Å². The highest BCUT2D eigenvalue weighted by Gasteiger charge is 2.24. The molecule has 0 saturated heterocycles. The number of fused-ring (bicyclic) bond motifs is 1. The van der Waals surface area contributed by atoms with Gasteiger partial charge in [0.15, 0.2) is 11.5 Å². The number of benzene rings is 2. The molecule has 1 aliphatic heterocycles. The van der Waals surface area contributed by atoms with Crippen molar-refractivity contribution in [2.75, 3.05) is 13.2 Å². The van der Waals surface area contributed by atoms with E-state index >= 15 is 0 Å². The van der Waals surface area contributed by atoms with Crippen LogP contribution in [0.2, 0.25) is 0 Å². The fraction of sp³-hybridized carbons (Fsp3) is 0.391. The van der Waals surface area contributed by atoms with E-state index in [9.17, 15) is 9.59 Å². The smallest absolute Gasteiger partial charge is 0.408 e. The zero-order chi connectivity index (χ0) is 21.5. The van der Waals surface area contributed by atoms with Gasteiger partial charge in [-0.25, -0.2) is 4.79 Å². The maximum Gasteiger partial charge on any atom is 0.408 e. The molecule has 1 unspecified atom stereocenters. The van der Waals surface area contributed by atoms with Crippen molar-refractivity contribution in [3.63, 3.8) is 0 Å². The topological polar surface area (TPSA) is 85.9 Å². The molecule has 160 valence electrons. The van der Waals surface area contributed by atoms with Crippen molar-refractivity contribution < 1.29 is 23.8 Å². The number of hydrogen-bond acceptors (Lipinski definition) is 5. The van der Waals surface area contributed by atoms with Crippen LogP contribution in [-0.2, 0) is 16.1 Å². The summed E-state index contributed by atoms with van der Waals surface area (Å²) < 4.78 is 16.4. The van der Waals surface area contributed by atoms with E-state index in [4.69, 9.17) is 14.2 Å². The first-order valence-corrected chi connectivity index (χ1v) is 10.1. The molecule has 0 spiro atoms. The van der Waals surface area contributed by atoms with Gasteiger partial charge in [-0.15, -0.1) is 0 Å². The van der Waals surface area contributed by atoms with Gasteiger partial charge < -0.3 is 24.8 Å². The average molecular weight is 412 g/mol. The monoisotopic (exact) mass is 412 g/mol. The zero-order valence-electron chi connectivity index (χ0n) is 17.5. The minimum absolute atomic E-state index is 0.133. The van der Waals surface area contributed by atoms with Gasteiger partial charge in [0, 0.05) is 0 Å². The van der Waals surface area contributed by atoms with Gasteiger partial charge in [0.05, 0.1) is 6.04 Å². The van der Waals surface area contributed by atoms with E-state index in [0.29, 0.717) is 24.7 Å². The number of hydrogen-bond donors (Lipinski definition) is 2. The van der Waals surface area contributed by atoms with Gasteiger partial charge in [-0.1, -0.05) is 50.2 Å². The molecule has 2 atom stereocenters. The summed E-state index contributed by atoms with van der Waals surface area (Å²) in [6.07, 6.45) is -0.637. The molecule has 2 amide bonds. The van der Waals surface area contributed by atoms with Crippen LogP contribution in [0.4, 0.5) is 4.79 Å². The molecule has 7 heteroatoms. The minimum Gasteiger partial charge on any atom is -0.486 e. The van der Waals surface area contributed by atoms with E-state index in [-0.39, 0.29) is 24.5 Å². The summed E-state index contributed by atoms with van der Waals surface area (Å²) in [6, 6.07) is 14.1. The summed E-state index contributed by atoms with van der Waals surface area (Å²) in [5.74, 6) is 1.22. The number of nitrogens with one attached hydrogen (secondary N) is 2. The van der Waals surface area contributed by atoms with Crippen molar-refractivity contribution >= 4 is 12.0 Å². The van der Waals surface area contributed by atoms with Crippen LogP contribution >= 0.6 is 0 Å². The molecule has 0 bridgehead atoms. The molecule has 30 heavy (non-hydrogen) atoms. The van der Waals surface area contributed by atoms with Crippen LogP contribution in [0.25, 0.3) is 0 Å². The van der Waals surface area contributed by atoms with Crippen LogP contribution < -0.4 is 20.1 Å². The third kappa shape index (κ3) is 5.65. The van der Waals surface area contributed by atoms with Crippen LogP contribution in [-0.4, -0.2) is 31.3 Å². The normalized spacial score (nSPS) is 14.5. The van der Waals surface area contributed by atoms with Gasteiger partial charge in [0.2, 0.25) is 5.91 Å². The zero-order valence-corrected chi connectivity index (χ0v) is 17.5. The maximum atomic E-state index is 12.7. The van der Waals surface area contributed by atoms with Gasteiger partial charge in [-0.2, -0.15) is 0 Å². The Morgan fingerprint density at radius 3 is 2.37 bits per heavy atom. The van der Waals surface area contributed by atoms with Crippen LogP contribution in [0.5, 0.6) is 11.5 Å². The molecular formula is C23H28N2O5. The quantitative estimate of drug-likeness (QED) is 0.726. The van der Waals surface area contributed by atoms with Crippen molar-refractivity contribution in [1.82, 2.24) is 10.6 Å². The molecule has 0 saturated carbocycles. The number of rotatable bonds is 7. The van der Waals surface area contributed by atoms with Crippen LogP contribution in [0.1, 0.15) is 37.9 Å². The van der Waals surface area contributed by atoms with Crippen molar-refractivity contribution in [2.45, 2.75) is 39.5 Å². The van der Waals surface area contributed by atoms with Crippen molar-refractivity contribution in [2.24, 2.45) is 5.92 Å². The van der Waals surface area contributed by atoms with E-state index in [2.05, 4.69) is 10.6 Å². The maximum absolute atomic E-state index is 12.7. The fourth-order valence-corrected chi connectivity index (χ4v) is 3.17. The minimum atomic E-state index is -0.744. The van der Waals surface area contributed by atoms with E-state index < -0.39 is 12.1 Å². The summed E-state index contributed by atoms with van der Waals surface area (Å²) in [7, 11) is 0. The molecule has 2 N–H and O–H groups in total. The second-order valence-electron chi connectivity index (χ2n) is 7.56. The number of carbonyl (C=O) groups excluding carboxylic acids is 2. The van der Waals surface area contributed by atoms with E-state index in [1.165, 1.54) is 0 Å². The first kappa shape index (κ1) is 21.5. The Morgan fingerprint density at radius 1 is 0.967 bits per heavy atom. The predicted molar refractivity (Wildman–Crippen MR) is 112 cm³/mol. The standard InChI is InChI=1S/C23H28N2O5/c1-15(2)21(18-9-10-19-20(13-18)29-12-11-28-19)25-22(26)16(3)24-23(27)30-14-17-7-5-4-6-8-17/h4-10,13,15-16,21H,11-12,14H2,1-3H3,(H,24,27)(H,25,26)/t16-,21?/m0/s1. The summed E-state index contributed by atoms with van der Waals surface area (Å²) in [4.78, 5) is 24.7. The first-order valence-electron chi connectivity index (χ1n) is 10.1. The Kier molecular flexibility index (Phi) is 7.17. The van der Waals surface area contributed by atoms with Gasteiger partial charge in [-0.05, 0) is 36.1 Å². The molecule has 0 fully saturated rings. The average Bonchev–Trinajstić information content (AvgIpc) is 2.76. The highest BCUT2D eigenvalue weighted by Crippen LogP contribution is 2.34. The van der Waals surface area contributed by atoms with Crippen molar-refractivity contribution in [3.8, 4) is 11.5 Å². The number of amides is 2. The Balaban J connectivity index is 1.57. The summed E-state index contributed by atoms with van der Waals surface area (Å²) >= 11 is 0. The summed E-state index contributed by atoms with van der Waals surface area (Å²) in [5, 5.41) is 5.59. The largest absolute Gasteiger partial charge is 0.486 e. The van der Waals surface area contributed by atoms with E-state index in [0.717, 1.165) is 11.1 Å². The fourth-order valence-electron chi connectivity index (χ4n) is 3.17. The second-order valence-corrected chi connectivity index (χ2v) is 7.56. The van der Waals surface area contributed by atoms with Crippen LogP contribution in [0.3, 0.4) is 0 Å². The number of carbonyl (C=O) groups is 2. The molecule has 2 aromatic rings. The van der Waals surface area contributed by atoms with Gasteiger partial charge in [-0.3, -0.25) is 4.79 Å². The lowest BCUT2D eigenvalue weighted by atomic mass is 9.95.